The number of carbonyl (C=O) groups is 1. The molecule has 0 unspecified atom stereocenters. The van der Waals surface area contributed by atoms with E-state index in [4.69, 9.17) is 9.47 Å². The maximum absolute atomic E-state index is 11.8. The van der Waals surface area contributed by atoms with E-state index in [9.17, 15) is 15.0 Å². The molecular weight excluding hydrogens is 248 g/mol. The fourth-order valence-corrected chi connectivity index (χ4v) is 2.21. The van der Waals surface area contributed by atoms with E-state index in [1.54, 1.807) is 31.4 Å². The van der Waals surface area contributed by atoms with E-state index in [1.165, 1.54) is 0 Å². The van der Waals surface area contributed by atoms with Gasteiger partial charge in [-0.05, 0) is 43.5 Å². The largest absolute Gasteiger partial charge is 0.497 e. The quantitative estimate of drug-likeness (QED) is 0.799. The lowest BCUT2D eigenvalue weighted by Crippen LogP contribution is -2.42. The zero-order chi connectivity index (χ0) is 13.9. The van der Waals surface area contributed by atoms with Crippen LogP contribution in [0.15, 0.2) is 24.3 Å². The Morgan fingerprint density at radius 2 is 2.11 bits per heavy atom. The van der Waals surface area contributed by atoms with Crippen LogP contribution in [-0.2, 0) is 4.74 Å². The topological polar surface area (TPSA) is 76.0 Å². The van der Waals surface area contributed by atoms with Crippen LogP contribution in [-0.4, -0.2) is 41.6 Å². The average Bonchev–Trinajstić information content (AvgIpc) is 2.77. The van der Waals surface area contributed by atoms with Crippen molar-refractivity contribution >= 4 is 5.97 Å². The van der Waals surface area contributed by atoms with Crippen molar-refractivity contribution in [3.8, 4) is 5.75 Å². The highest BCUT2D eigenvalue weighted by Crippen LogP contribution is 2.30. The molecule has 0 aliphatic heterocycles. The second-order valence-corrected chi connectivity index (χ2v) is 4.82. The number of methoxy groups -OCH3 is 1. The minimum Gasteiger partial charge on any atom is -0.497 e. The lowest BCUT2D eigenvalue weighted by molar-refractivity contribution is -0.0903. The maximum Gasteiger partial charge on any atom is 0.338 e. The molecule has 0 saturated heterocycles. The zero-order valence-electron chi connectivity index (χ0n) is 10.8. The van der Waals surface area contributed by atoms with Crippen LogP contribution in [0.1, 0.15) is 29.6 Å². The summed E-state index contributed by atoms with van der Waals surface area (Å²) in [6.07, 6.45) is 0.898. The Morgan fingerprint density at radius 3 is 2.63 bits per heavy atom. The van der Waals surface area contributed by atoms with Crippen LogP contribution in [0.5, 0.6) is 5.75 Å². The van der Waals surface area contributed by atoms with Gasteiger partial charge in [-0.2, -0.15) is 0 Å². The molecule has 2 atom stereocenters. The number of aliphatic hydroxyl groups excluding tert-OH is 1. The number of ether oxygens (including phenoxy) is 2. The predicted octanol–water partition coefficient (Wildman–Crippen LogP) is 1.13. The third-order valence-corrected chi connectivity index (χ3v) is 3.49. The van der Waals surface area contributed by atoms with Crippen LogP contribution in [0, 0.1) is 0 Å². The summed E-state index contributed by atoms with van der Waals surface area (Å²) in [5.41, 5.74) is -0.917. The van der Waals surface area contributed by atoms with Gasteiger partial charge in [0, 0.05) is 0 Å². The van der Waals surface area contributed by atoms with Crippen LogP contribution in [0.2, 0.25) is 0 Å². The predicted molar refractivity (Wildman–Crippen MR) is 68.1 cm³/mol. The van der Waals surface area contributed by atoms with E-state index in [1.807, 2.05) is 0 Å². The third-order valence-electron chi connectivity index (χ3n) is 3.49. The van der Waals surface area contributed by atoms with Gasteiger partial charge in [0.2, 0.25) is 0 Å². The van der Waals surface area contributed by atoms with Crippen molar-refractivity contribution in [1.82, 2.24) is 0 Å². The Kier molecular flexibility index (Phi) is 4.07. The fourth-order valence-electron chi connectivity index (χ4n) is 2.21. The molecule has 1 aromatic rings. The van der Waals surface area contributed by atoms with Crippen molar-refractivity contribution in [1.29, 1.82) is 0 Å². The fraction of sp³-hybridized carbons (Fsp3) is 0.500. The van der Waals surface area contributed by atoms with Gasteiger partial charge >= 0.3 is 5.97 Å². The lowest BCUT2D eigenvalue weighted by Gasteiger charge is -2.25. The number of hydrogen-bond acceptors (Lipinski definition) is 5. The van der Waals surface area contributed by atoms with E-state index in [0.29, 0.717) is 24.2 Å². The van der Waals surface area contributed by atoms with Gasteiger partial charge in [0.05, 0.1) is 18.8 Å². The Bertz CT molecular complexity index is 442. The molecule has 0 aromatic heterocycles. The molecule has 1 fully saturated rings. The summed E-state index contributed by atoms with van der Waals surface area (Å²) >= 11 is 0. The van der Waals surface area contributed by atoms with Crippen LogP contribution >= 0.6 is 0 Å². The van der Waals surface area contributed by atoms with Gasteiger partial charge in [-0.1, -0.05) is 0 Å². The molecule has 1 aliphatic carbocycles. The number of esters is 1. The van der Waals surface area contributed by atoms with Crippen molar-refractivity contribution < 1.29 is 24.5 Å². The smallest absolute Gasteiger partial charge is 0.338 e. The molecule has 0 bridgehead atoms. The van der Waals surface area contributed by atoms with Crippen molar-refractivity contribution in [3.63, 3.8) is 0 Å². The molecule has 1 aromatic carbocycles. The average molecular weight is 266 g/mol. The Balaban J connectivity index is 1.93. The highest BCUT2D eigenvalue weighted by molar-refractivity contribution is 5.89. The zero-order valence-corrected chi connectivity index (χ0v) is 10.8. The normalized spacial score (nSPS) is 26.2. The van der Waals surface area contributed by atoms with Gasteiger partial charge in [-0.15, -0.1) is 0 Å². The molecule has 5 nitrogen and oxygen atoms in total. The summed E-state index contributed by atoms with van der Waals surface area (Å²) in [6, 6.07) is 6.51. The minimum atomic E-state index is -1.30. The van der Waals surface area contributed by atoms with Crippen LogP contribution in [0.3, 0.4) is 0 Å². The van der Waals surface area contributed by atoms with E-state index in [-0.39, 0.29) is 6.61 Å². The van der Waals surface area contributed by atoms with E-state index >= 15 is 0 Å². The molecule has 1 saturated carbocycles. The van der Waals surface area contributed by atoms with Gasteiger partial charge in [0.25, 0.3) is 0 Å². The van der Waals surface area contributed by atoms with Crippen molar-refractivity contribution in [2.45, 2.75) is 31.0 Å². The molecular formula is C14H18O5. The van der Waals surface area contributed by atoms with Crippen molar-refractivity contribution in [3.05, 3.63) is 29.8 Å². The van der Waals surface area contributed by atoms with Gasteiger partial charge in [-0.3, -0.25) is 0 Å². The lowest BCUT2D eigenvalue weighted by atomic mass is 10.0. The van der Waals surface area contributed by atoms with E-state index in [0.717, 1.165) is 6.42 Å². The summed E-state index contributed by atoms with van der Waals surface area (Å²) < 4.78 is 10.1. The third kappa shape index (κ3) is 3.05. The summed E-state index contributed by atoms with van der Waals surface area (Å²) in [6.45, 7) is -0.182. The SMILES string of the molecule is COc1ccc(C(=O)OC[C@@]2(O)CCC[C@@H]2O)cc1. The van der Waals surface area contributed by atoms with Gasteiger partial charge < -0.3 is 19.7 Å². The molecule has 1 aliphatic rings. The number of hydrogen-bond donors (Lipinski definition) is 2. The second-order valence-electron chi connectivity index (χ2n) is 4.82. The highest BCUT2D eigenvalue weighted by atomic mass is 16.5. The summed E-state index contributed by atoms with van der Waals surface area (Å²) in [5.74, 6) is 0.136. The van der Waals surface area contributed by atoms with Gasteiger partial charge in [0.15, 0.2) is 0 Å². The standard InChI is InChI=1S/C14H18O5/c1-18-11-6-4-10(5-7-11)13(16)19-9-14(17)8-2-3-12(14)15/h4-7,12,15,17H,2-3,8-9H2,1H3/t12-,14-/m0/s1. The Morgan fingerprint density at radius 1 is 1.42 bits per heavy atom. The molecule has 0 amide bonds. The van der Waals surface area contributed by atoms with Crippen LogP contribution in [0.25, 0.3) is 0 Å². The molecule has 5 heteroatoms. The van der Waals surface area contributed by atoms with E-state index in [2.05, 4.69) is 0 Å². The van der Waals surface area contributed by atoms with Gasteiger partial charge in [0.1, 0.15) is 18.0 Å². The molecule has 2 rings (SSSR count). The first-order chi connectivity index (χ1) is 9.05. The minimum absolute atomic E-state index is 0.182. The monoisotopic (exact) mass is 266 g/mol. The summed E-state index contributed by atoms with van der Waals surface area (Å²) in [5, 5.41) is 19.7. The number of carbonyl (C=O) groups excluding carboxylic acids is 1. The number of benzene rings is 1. The maximum atomic E-state index is 11.8. The molecule has 0 radical (unpaired) electrons. The summed E-state index contributed by atoms with van der Waals surface area (Å²) in [4.78, 5) is 11.8. The molecule has 2 N–H and O–H groups in total. The Labute approximate surface area is 111 Å². The highest BCUT2D eigenvalue weighted by Gasteiger charge is 2.41. The van der Waals surface area contributed by atoms with E-state index < -0.39 is 17.7 Å². The second kappa shape index (κ2) is 5.59. The first-order valence-corrected chi connectivity index (χ1v) is 6.27. The molecule has 0 spiro atoms. The van der Waals surface area contributed by atoms with Crippen LogP contribution < -0.4 is 4.74 Å². The number of rotatable bonds is 4. The molecule has 19 heavy (non-hydrogen) atoms. The molecule has 104 valence electrons. The molecule has 0 heterocycles. The first-order valence-electron chi connectivity index (χ1n) is 6.27. The summed E-state index contributed by atoms with van der Waals surface area (Å²) in [7, 11) is 1.55. The first kappa shape index (κ1) is 13.8. The Hall–Kier alpha value is -1.59. The van der Waals surface area contributed by atoms with Crippen LogP contribution in [0.4, 0.5) is 0 Å². The number of aliphatic hydroxyl groups is 2. The van der Waals surface area contributed by atoms with Crippen molar-refractivity contribution in [2.75, 3.05) is 13.7 Å². The van der Waals surface area contributed by atoms with Gasteiger partial charge in [-0.25, -0.2) is 4.79 Å². The van der Waals surface area contributed by atoms with Crippen molar-refractivity contribution in [2.24, 2.45) is 0 Å².